The van der Waals surface area contributed by atoms with E-state index in [9.17, 15) is 4.79 Å². The topological polar surface area (TPSA) is 33.2 Å². The number of rotatable bonds is 4. The van der Waals surface area contributed by atoms with Crippen LogP contribution in [0.5, 0.6) is 0 Å². The highest BCUT2D eigenvalue weighted by Crippen LogP contribution is 2.31. The Labute approximate surface area is 137 Å². The van der Waals surface area contributed by atoms with Gasteiger partial charge >= 0.3 is 0 Å². The fourth-order valence-electron chi connectivity index (χ4n) is 3.72. The van der Waals surface area contributed by atoms with Gasteiger partial charge in [0.1, 0.15) is 0 Å². The molecule has 1 aliphatic carbocycles. The first-order valence-electron chi connectivity index (χ1n) is 8.83. The van der Waals surface area contributed by atoms with Crippen molar-refractivity contribution in [3.05, 3.63) is 41.6 Å². The Hall–Kier alpha value is -1.74. The number of nitrogens with zero attached hydrogens (tertiary/aromatic N) is 2. The van der Waals surface area contributed by atoms with Crippen LogP contribution in [0.1, 0.15) is 41.7 Å². The van der Waals surface area contributed by atoms with Gasteiger partial charge in [-0.2, -0.15) is 0 Å². The summed E-state index contributed by atoms with van der Waals surface area (Å²) in [6, 6.07) is 10.0. The molecule has 0 bridgehead atoms. The maximum atomic E-state index is 12.9. The molecule has 3 heteroatoms. The van der Waals surface area contributed by atoms with Crippen molar-refractivity contribution in [1.82, 2.24) is 9.88 Å². The molecule has 23 heavy (non-hydrogen) atoms. The van der Waals surface area contributed by atoms with Gasteiger partial charge in [0.25, 0.3) is 0 Å². The van der Waals surface area contributed by atoms with Crippen molar-refractivity contribution < 1.29 is 4.79 Å². The van der Waals surface area contributed by atoms with Crippen LogP contribution in [-0.2, 0) is 0 Å². The summed E-state index contributed by atoms with van der Waals surface area (Å²) in [5.74, 6) is 1.38. The summed E-state index contributed by atoms with van der Waals surface area (Å²) in [6.45, 7) is 5.31. The lowest BCUT2D eigenvalue weighted by atomic mass is 9.89. The minimum Gasteiger partial charge on any atom is -0.302 e. The highest BCUT2D eigenvalue weighted by molar-refractivity contribution is 6.01. The first-order valence-corrected chi connectivity index (χ1v) is 8.83. The van der Waals surface area contributed by atoms with E-state index in [0.29, 0.717) is 5.78 Å². The molecule has 2 fully saturated rings. The van der Waals surface area contributed by atoms with Crippen LogP contribution in [0, 0.1) is 18.8 Å². The summed E-state index contributed by atoms with van der Waals surface area (Å²) in [5.41, 5.74) is 2.83. The van der Waals surface area contributed by atoms with E-state index in [0.717, 1.165) is 47.5 Å². The van der Waals surface area contributed by atoms with Crippen molar-refractivity contribution in [2.24, 2.45) is 11.8 Å². The number of hydrogen-bond donors (Lipinski definition) is 0. The number of aromatic nitrogens is 1. The summed E-state index contributed by atoms with van der Waals surface area (Å²) in [4.78, 5) is 19.9. The van der Waals surface area contributed by atoms with E-state index in [1.807, 2.05) is 31.2 Å². The highest BCUT2D eigenvalue weighted by atomic mass is 16.1. The maximum absolute atomic E-state index is 12.9. The molecule has 0 radical (unpaired) electrons. The predicted molar refractivity (Wildman–Crippen MR) is 92.7 cm³/mol. The Balaban J connectivity index is 1.52. The summed E-state index contributed by atoms with van der Waals surface area (Å²) >= 11 is 0. The molecule has 1 aromatic carbocycles. The Morgan fingerprint density at radius 2 is 2.09 bits per heavy atom. The van der Waals surface area contributed by atoms with Gasteiger partial charge in [-0.25, -0.2) is 0 Å². The molecule has 0 N–H and O–H groups in total. The number of carbonyl (C=O) groups is 1. The first kappa shape index (κ1) is 14.8. The third kappa shape index (κ3) is 3.30. The largest absolute Gasteiger partial charge is 0.302 e. The number of ketones is 1. The molecule has 1 aromatic heterocycles. The van der Waals surface area contributed by atoms with Gasteiger partial charge in [0.2, 0.25) is 0 Å². The van der Waals surface area contributed by atoms with Gasteiger partial charge in [0.05, 0.1) is 5.52 Å². The molecule has 1 saturated heterocycles. The minimum atomic E-state index is 0.165. The fourth-order valence-corrected chi connectivity index (χ4v) is 3.72. The van der Waals surface area contributed by atoms with Crippen LogP contribution in [-0.4, -0.2) is 35.3 Å². The van der Waals surface area contributed by atoms with Crippen molar-refractivity contribution in [3.63, 3.8) is 0 Å². The van der Waals surface area contributed by atoms with E-state index in [1.54, 1.807) is 0 Å². The zero-order valence-electron chi connectivity index (χ0n) is 13.8. The van der Waals surface area contributed by atoms with Gasteiger partial charge in [-0.1, -0.05) is 6.07 Å². The molecular weight excluding hydrogens is 284 g/mol. The van der Waals surface area contributed by atoms with E-state index in [2.05, 4.69) is 16.0 Å². The quantitative estimate of drug-likeness (QED) is 0.804. The first-order chi connectivity index (χ1) is 11.2. The van der Waals surface area contributed by atoms with Crippen molar-refractivity contribution in [2.45, 2.75) is 32.6 Å². The second-order valence-corrected chi connectivity index (χ2v) is 7.27. The van der Waals surface area contributed by atoms with Crippen LogP contribution >= 0.6 is 0 Å². The van der Waals surface area contributed by atoms with Crippen molar-refractivity contribution in [1.29, 1.82) is 0 Å². The maximum Gasteiger partial charge on any atom is 0.167 e. The number of hydrogen-bond acceptors (Lipinski definition) is 3. The van der Waals surface area contributed by atoms with Gasteiger partial charge in [0.15, 0.2) is 5.78 Å². The molecular formula is C20H24N2O. The van der Waals surface area contributed by atoms with Gasteiger partial charge in [-0.15, -0.1) is 0 Å². The van der Waals surface area contributed by atoms with Crippen molar-refractivity contribution >= 4 is 16.7 Å². The highest BCUT2D eigenvalue weighted by Gasteiger charge is 2.30. The number of likely N-dealkylation sites (tertiary alicyclic amines) is 1. The number of aryl methyl sites for hydroxylation is 1. The lowest BCUT2D eigenvalue weighted by Gasteiger charge is -2.32. The zero-order valence-corrected chi connectivity index (χ0v) is 13.8. The SMILES string of the molecule is Cc1ccc2cc(C(=O)C3CCCN(CC4CC4)C3)ccc2n1. The molecule has 1 aliphatic heterocycles. The van der Waals surface area contributed by atoms with Gasteiger partial charge < -0.3 is 4.90 Å². The van der Waals surface area contributed by atoms with Crippen LogP contribution in [0.25, 0.3) is 10.9 Å². The lowest BCUT2D eigenvalue weighted by molar-refractivity contribution is 0.0815. The van der Waals surface area contributed by atoms with Gasteiger partial charge in [-0.3, -0.25) is 9.78 Å². The minimum absolute atomic E-state index is 0.165. The Morgan fingerprint density at radius 3 is 2.91 bits per heavy atom. The van der Waals surface area contributed by atoms with Gasteiger partial charge in [-0.05, 0) is 69.3 Å². The Kier molecular flexibility index (Phi) is 3.90. The van der Waals surface area contributed by atoms with E-state index in [1.165, 1.54) is 25.9 Å². The molecule has 120 valence electrons. The molecule has 2 aliphatic rings. The summed E-state index contributed by atoms with van der Waals surface area (Å²) in [5, 5.41) is 1.06. The van der Waals surface area contributed by atoms with Gasteiger partial charge in [0, 0.05) is 35.7 Å². The second kappa shape index (κ2) is 6.04. The van der Waals surface area contributed by atoms with Crippen molar-refractivity contribution in [2.75, 3.05) is 19.6 Å². The number of fused-ring (bicyclic) bond motifs is 1. The van der Waals surface area contributed by atoms with E-state index in [4.69, 9.17) is 0 Å². The van der Waals surface area contributed by atoms with E-state index >= 15 is 0 Å². The molecule has 1 saturated carbocycles. The number of carbonyl (C=O) groups excluding carboxylic acids is 1. The predicted octanol–water partition coefficient (Wildman–Crippen LogP) is 3.85. The molecule has 2 aromatic rings. The number of pyridine rings is 1. The van der Waals surface area contributed by atoms with Crippen LogP contribution in [0.3, 0.4) is 0 Å². The van der Waals surface area contributed by atoms with Crippen LogP contribution < -0.4 is 0 Å². The smallest absolute Gasteiger partial charge is 0.167 e. The summed E-state index contributed by atoms with van der Waals surface area (Å²) in [6.07, 6.45) is 4.94. The van der Waals surface area contributed by atoms with Crippen LogP contribution in [0.4, 0.5) is 0 Å². The zero-order chi connectivity index (χ0) is 15.8. The summed E-state index contributed by atoms with van der Waals surface area (Å²) in [7, 11) is 0. The number of benzene rings is 1. The third-order valence-electron chi connectivity index (χ3n) is 5.20. The second-order valence-electron chi connectivity index (χ2n) is 7.27. The monoisotopic (exact) mass is 308 g/mol. The average Bonchev–Trinajstić information content (AvgIpc) is 3.38. The molecule has 2 heterocycles. The van der Waals surface area contributed by atoms with Crippen molar-refractivity contribution in [3.8, 4) is 0 Å². The molecule has 4 rings (SSSR count). The number of piperidine rings is 1. The fraction of sp³-hybridized carbons (Fsp3) is 0.500. The molecule has 0 amide bonds. The molecule has 1 unspecified atom stereocenters. The molecule has 1 atom stereocenters. The van der Waals surface area contributed by atoms with Crippen LogP contribution in [0.15, 0.2) is 30.3 Å². The normalized spacial score (nSPS) is 22.4. The molecule has 3 nitrogen and oxygen atoms in total. The van der Waals surface area contributed by atoms with E-state index < -0.39 is 0 Å². The third-order valence-corrected chi connectivity index (χ3v) is 5.20. The summed E-state index contributed by atoms with van der Waals surface area (Å²) < 4.78 is 0. The Morgan fingerprint density at radius 1 is 1.22 bits per heavy atom. The average molecular weight is 308 g/mol. The number of Topliss-reactive ketones (excluding diaryl/α,β-unsaturated/α-hetero) is 1. The van der Waals surface area contributed by atoms with Crippen LogP contribution in [0.2, 0.25) is 0 Å². The molecule has 0 spiro atoms. The standard InChI is InChI=1S/C20H24N2O/c1-14-4-7-16-11-17(8-9-19(16)21-14)20(23)18-3-2-10-22(13-18)12-15-5-6-15/h4,7-9,11,15,18H,2-3,5-6,10,12-13H2,1H3. The van der Waals surface area contributed by atoms with E-state index in [-0.39, 0.29) is 5.92 Å². The lowest BCUT2D eigenvalue weighted by Crippen LogP contribution is -2.39. The Bertz CT molecular complexity index is 735.